The summed E-state index contributed by atoms with van der Waals surface area (Å²) in [7, 11) is 0. The molecule has 2 atom stereocenters. The molecule has 2 saturated heterocycles. The molecule has 1 aromatic carbocycles. The molecule has 2 N–H and O–H groups in total. The van der Waals surface area contributed by atoms with E-state index in [0.717, 1.165) is 38.3 Å². The van der Waals surface area contributed by atoms with Crippen LogP contribution in [0.2, 0.25) is 0 Å². The first kappa shape index (κ1) is 20.5. The molecule has 5 nitrogen and oxygen atoms in total. The molecule has 0 bridgehead atoms. The van der Waals surface area contributed by atoms with Crippen molar-refractivity contribution in [1.29, 1.82) is 0 Å². The zero-order valence-electron chi connectivity index (χ0n) is 17.6. The minimum Gasteiger partial charge on any atom is -0.506 e. The third-order valence-corrected chi connectivity index (χ3v) is 6.98. The number of aromatic hydroxyl groups is 1. The first-order chi connectivity index (χ1) is 14.1. The molecule has 0 amide bonds. The number of rotatable bonds is 3. The molecule has 3 fully saturated rings. The van der Waals surface area contributed by atoms with Crippen LogP contribution in [0.15, 0.2) is 23.2 Å². The molecule has 1 aliphatic carbocycles. The smallest absolute Gasteiger partial charge is 0.198 e. The number of guanidine groups is 1. The number of piperidine rings is 1. The average molecular weight is 403 g/mol. The van der Waals surface area contributed by atoms with Gasteiger partial charge in [0.1, 0.15) is 11.6 Å². The lowest BCUT2D eigenvalue weighted by Gasteiger charge is -2.39. The van der Waals surface area contributed by atoms with E-state index in [-0.39, 0.29) is 11.6 Å². The summed E-state index contributed by atoms with van der Waals surface area (Å²) in [5.74, 6) is 1.06. The van der Waals surface area contributed by atoms with E-state index in [1.165, 1.54) is 63.4 Å². The molecule has 1 aromatic rings. The molecule has 2 heterocycles. The Morgan fingerprint density at radius 1 is 1.03 bits per heavy atom. The second-order valence-corrected chi connectivity index (χ2v) is 9.03. The number of halogens is 1. The minimum atomic E-state index is -0.358. The summed E-state index contributed by atoms with van der Waals surface area (Å²) < 4.78 is 13.8. The minimum absolute atomic E-state index is 0.0581. The van der Waals surface area contributed by atoms with Gasteiger partial charge >= 0.3 is 0 Å². The second kappa shape index (κ2) is 9.33. The number of aliphatic imine (C=N–C) groups is 1. The fraction of sp³-hybridized carbons (Fsp3) is 0.696. The van der Waals surface area contributed by atoms with Crippen LogP contribution in [-0.2, 0) is 0 Å². The zero-order valence-corrected chi connectivity index (χ0v) is 17.6. The van der Waals surface area contributed by atoms with E-state index in [1.54, 1.807) is 0 Å². The molecule has 2 unspecified atom stereocenters. The summed E-state index contributed by atoms with van der Waals surface area (Å²) >= 11 is 0. The predicted molar refractivity (Wildman–Crippen MR) is 116 cm³/mol. The lowest BCUT2D eigenvalue weighted by atomic mass is 9.86. The normalized spacial score (nSPS) is 27.4. The highest BCUT2D eigenvalue weighted by atomic mass is 19.1. The molecule has 1 saturated carbocycles. The third kappa shape index (κ3) is 5.03. The molecule has 2 aliphatic heterocycles. The van der Waals surface area contributed by atoms with Crippen molar-refractivity contribution in [1.82, 2.24) is 9.80 Å². The SMILES string of the molecule is CC1CCCCC1N=C(Nc1cc(F)ccc1O)N1CCC(N2CCCC2)CC1. The van der Waals surface area contributed by atoms with Gasteiger partial charge in [-0.05, 0) is 69.7 Å². The van der Waals surface area contributed by atoms with Gasteiger partial charge in [0.25, 0.3) is 0 Å². The van der Waals surface area contributed by atoms with Gasteiger partial charge in [0.15, 0.2) is 5.96 Å². The number of hydrogen-bond acceptors (Lipinski definition) is 3. The lowest BCUT2D eigenvalue weighted by Crippen LogP contribution is -2.48. The van der Waals surface area contributed by atoms with Crippen LogP contribution in [0.4, 0.5) is 10.1 Å². The van der Waals surface area contributed by atoms with Crippen molar-refractivity contribution in [3.63, 3.8) is 0 Å². The highest BCUT2D eigenvalue weighted by Crippen LogP contribution is 2.29. The van der Waals surface area contributed by atoms with Gasteiger partial charge in [0, 0.05) is 25.2 Å². The molecule has 0 aromatic heterocycles. The molecule has 4 rings (SSSR count). The monoisotopic (exact) mass is 402 g/mol. The van der Waals surface area contributed by atoms with E-state index in [2.05, 4.69) is 22.0 Å². The van der Waals surface area contributed by atoms with Gasteiger partial charge in [0.05, 0.1) is 11.7 Å². The van der Waals surface area contributed by atoms with Crippen molar-refractivity contribution >= 4 is 11.6 Å². The average Bonchev–Trinajstić information content (AvgIpc) is 3.27. The van der Waals surface area contributed by atoms with E-state index in [4.69, 9.17) is 4.99 Å². The predicted octanol–water partition coefficient (Wildman–Crippen LogP) is 4.44. The van der Waals surface area contributed by atoms with Crippen LogP contribution in [-0.4, -0.2) is 59.1 Å². The Hall–Kier alpha value is -1.82. The van der Waals surface area contributed by atoms with Crippen molar-refractivity contribution in [2.24, 2.45) is 10.9 Å². The van der Waals surface area contributed by atoms with Crippen LogP contribution in [0.1, 0.15) is 58.3 Å². The van der Waals surface area contributed by atoms with Crippen molar-refractivity contribution in [2.75, 3.05) is 31.5 Å². The lowest BCUT2D eigenvalue weighted by molar-refractivity contribution is 0.162. The Morgan fingerprint density at radius 3 is 2.48 bits per heavy atom. The van der Waals surface area contributed by atoms with Gasteiger partial charge in [-0.25, -0.2) is 9.38 Å². The van der Waals surface area contributed by atoms with Gasteiger partial charge in [0.2, 0.25) is 0 Å². The number of hydrogen-bond donors (Lipinski definition) is 2. The largest absolute Gasteiger partial charge is 0.506 e. The summed E-state index contributed by atoms with van der Waals surface area (Å²) in [6, 6.07) is 5.00. The van der Waals surface area contributed by atoms with Gasteiger partial charge < -0.3 is 20.2 Å². The van der Waals surface area contributed by atoms with Crippen LogP contribution < -0.4 is 5.32 Å². The summed E-state index contributed by atoms with van der Waals surface area (Å²) in [6.07, 6.45) is 9.73. The number of likely N-dealkylation sites (tertiary alicyclic amines) is 2. The van der Waals surface area contributed by atoms with Crippen LogP contribution in [0, 0.1) is 11.7 Å². The molecule has 29 heavy (non-hydrogen) atoms. The van der Waals surface area contributed by atoms with E-state index in [9.17, 15) is 9.50 Å². The van der Waals surface area contributed by atoms with Gasteiger partial charge in [-0.2, -0.15) is 0 Å². The Morgan fingerprint density at radius 2 is 1.76 bits per heavy atom. The number of benzene rings is 1. The molecular formula is C23H35FN4O. The van der Waals surface area contributed by atoms with Crippen molar-refractivity contribution in [2.45, 2.75) is 70.4 Å². The summed E-state index contributed by atoms with van der Waals surface area (Å²) in [6.45, 7) is 6.65. The van der Waals surface area contributed by atoms with E-state index >= 15 is 0 Å². The van der Waals surface area contributed by atoms with E-state index in [1.807, 2.05) is 0 Å². The van der Waals surface area contributed by atoms with E-state index in [0.29, 0.717) is 23.7 Å². The number of phenols is 1. The summed E-state index contributed by atoms with van der Waals surface area (Å²) in [4.78, 5) is 10.1. The third-order valence-electron chi connectivity index (χ3n) is 6.98. The molecule has 160 valence electrons. The number of phenolic OH excluding ortho intramolecular Hbond substituents is 1. The van der Waals surface area contributed by atoms with Gasteiger partial charge in [-0.1, -0.05) is 19.8 Å². The van der Waals surface area contributed by atoms with Crippen LogP contribution >= 0.6 is 0 Å². The number of nitrogens with zero attached hydrogens (tertiary/aromatic N) is 3. The molecule has 6 heteroatoms. The van der Waals surface area contributed by atoms with Crippen LogP contribution in [0.5, 0.6) is 5.75 Å². The maximum atomic E-state index is 13.8. The van der Waals surface area contributed by atoms with Gasteiger partial charge in [-0.15, -0.1) is 0 Å². The first-order valence-corrected chi connectivity index (χ1v) is 11.4. The summed E-state index contributed by atoms with van der Waals surface area (Å²) in [5.41, 5.74) is 0.397. The Balaban J connectivity index is 1.51. The van der Waals surface area contributed by atoms with Crippen molar-refractivity contribution < 1.29 is 9.50 Å². The number of anilines is 1. The fourth-order valence-electron chi connectivity index (χ4n) is 5.12. The highest BCUT2D eigenvalue weighted by molar-refractivity contribution is 5.95. The quantitative estimate of drug-likeness (QED) is 0.446. The second-order valence-electron chi connectivity index (χ2n) is 9.03. The molecule has 0 spiro atoms. The van der Waals surface area contributed by atoms with Crippen LogP contribution in [0.25, 0.3) is 0 Å². The van der Waals surface area contributed by atoms with Crippen molar-refractivity contribution in [3.05, 3.63) is 24.0 Å². The molecule has 3 aliphatic rings. The van der Waals surface area contributed by atoms with Gasteiger partial charge in [-0.3, -0.25) is 0 Å². The fourth-order valence-corrected chi connectivity index (χ4v) is 5.12. The zero-order chi connectivity index (χ0) is 20.2. The maximum Gasteiger partial charge on any atom is 0.198 e. The molecular weight excluding hydrogens is 367 g/mol. The highest BCUT2D eigenvalue weighted by Gasteiger charge is 2.29. The Labute approximate surface area is 174 Å². The summed E-state index contributed by atoms with van der Waals surface area (Å²) in [5, 5.41) is 13.5. The number of nitrogens with one attached hydrogen (secondary N) is 1. The molecule has 0 radical (unpaired) electrons. The maximum absolute atomic E-state index is 13.8. The van der Waals surface area contributed by atoms with Crippen molar-refractivity contribution in [3.8, 4) is 5.75 Å². The Kier molecular flexibility index (Phi) is 6.58. The first-order valence-electron chi connectivity index (χ1n) is 11.4. The van der Waals surface area contributed by atoms with Crippen LogP contribution in [0.3, 0.4) is 0 Å². The topological polar surface area (TPSA) is 51.1 Å². The standard InChI is InChI=1S/C23H35FN4O/c1-17-6-2-3-7-20(17)25-23(26-21-16-18(24)8-9-22(21)29)28-14-10-19(11-15-28)27-12-4-5-13-27/h8-9,16-17,19-20,29H,2-7,10-15H2,1H3,(H,25,26). The van der Waals surface area contributed by atoms with E-state index < -0.39 is 0 Å². The Bertz CT molecular complexity index is 711.